The minimum Gasteiger partial charge on any atom is -0.382 e. The Bertz CT molecular complexity index is 688. The van der Waals surface area contributed by atoms with E-state index in [9.17, 15) is 5.11 Å². The van der Waals surface area contributed by atoms with Gasteiger partial charge in [-0.05, 0) is 32.6 Å². The molecule has 6 nitrogen and oxygen atoms in total. The van der Waals surface area contributed by atoms with Gasteiger partial charge >= 0.3 is 0 Å². The average molecular weight is 257 g/mol. The molecule has 1 aliphatic carbocycles. The van der Waals surface area contributed by atoms with E-state index in [0.717, 1.165) is 25.7 Å². The molecule has 3 N–H and O–H groups in total. The van der Waals surface area contributed by atoms with E-state index in [4.69, 9.17) is 5.73 Å². The van der Waals surface area contributed by atoms with Gasteiger partial charge in [-0.15, -0.1) is 0 Å². The molecule has 98 valence electrons. The Balaban J connectivity index is 2.08. The molecule has 0 atom stereocenters. The van der Waals surface area contributed by atoms with E-state index in [0.29, 0.717) is 22.9 Å². The fraction of sp³-hybridized carbons (Fsp3) is 0.462. The number of anilines is 1. The lowest BCUT2D eigenvalue weighted by Gasteiger charge is -2.13. The predicted molar refractivity (Wildman–Crippen MR) is 70.2 cm³/mol. The van der Waals surface area contributed by atoms with Gasteiger partial charge < -0.3 is 10.8 Å². The van der Waals surface area contributed by atoms with Gasteiger partial charge in [-0.1, -0.05) is 11.8 Å². The van der Waals surface area contributed by atoms with Crippen molar-refractivity contribution in [2.75, 3.05) is 5.73 Å². The fourth-order valence-electron chi connectivity index (χ4n) is 2.40. The van der Waals surface area contributed by atoms with Crippen molar-refractivity contribution in [1.29, 1.82) is 0 Å². The third-order valence-electron chi connectivity index (χ3n) is 3.49. The molecule has 1 saturated carbocycles. The number of nitrogens with two attached hydrogens (primary N) is 1. The maximum absolute atomic E-state index is 10.2. The molecule has 0 aromatic carbocycles. The summed E-state index contributed by atoms with van der Waals surface area (Å²) in [6, 6.07) is 0. The van der Waals surface area contributed by atoms with Crippen molar-refractivity contribution in [3.63, 3.8) is 0 Å². The lowest BCUT2D eigenvalue weighted by molar-refractivity contribution is 0.110. The topological polar surface area (TPSA) is 89.3 Å². The summed E-state index contributed by atoms with van der Waals surface area (Å²) in [5.41, 5.74) is 6.46. The summed E-state index contributed by atoms with van der Waals surface area (Å²) in [7, 11) is 0. The molecule has 0 saturated heterocycles. The molecule has 3 rings (SSSR count). The first-order valence-corrected chi connectivity index (χ1v) is 6.30. The first-order valence-electron chi connectivity index (χ1n) is 6.30. The second-order valence-corrected chi connectivity index (χ2v) is 4.92. The van der Waals surface area contributed by atoms with E-state index in [-0.39, 0.29) is 0 Å². The van der Waals surface area contributed by atoms with Gasteiger partial charge in [0.15, 0.2) is 0 Å². The van der Waals surface area contributed by atoms with Crippen molar-refractivity contribution in [2.24, 2.45) is 0 Å². The monoisotopic (exact) mass is 257 g/mol. The van der Waals surface area contributed by atoms with E-state index in [1.165, 1.54) is 10.8 Å². The molecule has 0 aliphatic heterocycles. The molecular weight excluding hydrogens is 242 g/mol. The number of aliphatic hydroxyl groups is 1. The van der Waals surface area contributed by atoms with E-state index in [2.05, 4.69) is 26.9 Å². The van der Waals surface area contributed by atoms with Gasteiger partial charge in [0.05, 0.1) is 11.3 Å². The summed E-state index contributed by atoms with van der Waals surface area (Å²) in [6.07, 6.45) is 4.87. The minimum absolute atomic E-state index is 0.411. The normalized spacial score (nSPS) is 17.4. The van der Waals surface area contributed by atoms with Crippen LogP contribution >= 0.6 is 0 Å². The highest BCUT2D eigenvalue weighted by Gasteiger charge is 2.28. The van der Waals surface area contributed by atoms with Gasteiger partial charge in [-0.3, -0.25) is 0 Å². The van der Waals surface area contributed by atoms with Gasteiger partial charge in [0, 0.05) is 0 Å². The largest absolute Gasteiger partial charge is 0.382 e. The summed E-state index contributed by atoms with van der Waals surface area (Å²) >= 11 is 0. The van der Waals surface area contributed by atoms with Crippen LogP contribution in [-0.4, -0.2) is 30.3 Å². The molecule has 0 radical (unpaired) electrons. The van der Waals surface area contributed by atoms with E-state index < -0.39 is 5.60 Å². The Hall–Kier alpha value is -2.13. The Kier molecular flexibility index (Phi) is 2.64. The Labute approximate surface area is 110 Å². The second-order valence-electron chi connectivity index (χ2n) is 4.92. The number of nitrogens with zero attached hydrogens (tertiary/aromatic N) is 4. The molecule has 1 aliphatic rings. The third-order valence-corrected chi connectivity index (χ3v) is 3.49. The molecule has 2 aromatic heterocycles. The number of aryl methyl sites for hydroxylation is 1. The number of nitrogen functional groups attached to an aromatic ring is 1. The quantitative estimate of drug-likeness (QED) is 0.677. The molecule has 19 heavy (non-hydrogen) atoms. The minimum atomic E-state index is -0.879. The number of aromatic nitrogens is 4. The van der Waals surface area contributed by atoms with E-state index in [1.807, 2.05) is 6.92 Å². The highest BCUT2D eigenvalue weighted by Crippen LogP contribution is 2.28. The van der Waals surface area contributed by atoms with Crippen molar-refractivity contribution in [3.8, 4) is 11.8 Å². The van der Waals surface area contributed by atoms with Crippen LogP contribution in [0.15, 0.2) is 6.33 Å². The van der Waals surface area contributed by atoms with Crippen LogP contribution in [-0.2, 0) is 0 Å². The van der Waals surface area contributed by atoms with Crippen LogP contribution in [0, 0.1) is 18.8 Å². The van der Waals surface area contributed by atoms with Crippen LogP contribution in [0.5, 0.6) is 0 Å². The lowest BCUT2D eigenvalue weighted by Crippen LogP contribution is -2.21. The summed E-state index contributed by atoms with van der Waals surface area (Å²) in [4.78, 5) is 8.29. The highest BCUT2D eigenvalue weighted by molar-refractivity contribution is 5.57. The number of fused-ring (bicyclic) bond motifs is 1. The number of hydrogen-bond donors (Lipinski definition) is 2. The molecule has 0 spiro atoms. The Morgan fingerprint density at radius 3 is 2.89 bits per heavy atom. The molecule has 6 heteroatoms. The predicted octanol–water partition coefficient (Wildman–Crippen LogP) is 0.672. The SMILES string of the molecule is Cc1nc2ncnn2c(N)c1C#CC1(O)CCCC1. The molecule has 1 fully saturated rings. The van der Waals surface area contributed by atoms with Crippen LogP contribution < -0.4 is 5.73 Å². The van der Waals surface area contributed by atoms with Crippen molar-refractivity contribution >= 4 is 11.6 Å². The van der Waals surface area contributed by atoms with Gasteiger partial charge in [0.2, 0.25) is 0 Å². The zero-order valence-corrected chi connectivity index (χ0v) is 10.7. The maximum Gasteiger partial charge on any atom is 0.254 e. The van der Waals surface area contributed by atoms with Gasteiger partial charge in [-0.2, -0.15) is 14.6 Å². The summed E-state index contributed by atoms with van der Waals surface area (Å²) in [6.45, 7) is 1.83. The number of rotatable bonds is 0. The number of hydrogen-bond acceptors (Lipinski definition) is 5. The summed E-state index contributed by atoms with van der Waals surface area (Å²) < 4.78 is 1.45. The molecular formula is C13H15N5O. The van der Waals surface area contributed by atoms with E-state index >= 15 is 0 Å². The third kappa shape index (κ3) is 2.02. The zero-order valence-electron chi connectivity index (χ0n) is 10.7. The van der Waals surface area contributed by atoms with Gasteiger partial charge in [0.1, 0.15) is 17.7 Å². The van der Waals surface area contributed by atoms with Crippen LogP contribution in [0.2, 0.25) is 0 Å². The molecule has 2 aromatic rings. The van der Waals surface area contributed by atoms with E-state index in [1.54, 1.807) is 0 Å². The zero-order chi connectivity index (χ0) is 13.5. The first kappa shape index (κ1) is 11.9. The molecule has 0 unspecified atom stereocenters. The smallest absolute Gasteiger partial charge is 0.254 e. The van der Waals surface area contributed by atoms with Crippen molar-refractivity contribution in [2.45, 2.75) is 38.2 Å². The van der Waals surface area contributed by atoms with Crippen molar-refractivity contribution < 1.29 is 5.11 Å². The van der Waals surface area contributed by atoms with Crippen LogP contribution in [0.1, 0.15) is 36.9 Å². The molecule has 0 amide bonds. The molecule has 2 heterocycles. The van der Waals surface area contributed by atoms with Gasteiger partial charge in [-0.25, -0.2) is 4.98 Å². The second kappa shape index (κ2) is 4.21. The molecule has 0 bridgehead atoms. The lowest BCUT2D eigenvalue weighted by atomic mass is 10.0. The standard InChI is InChI=1S/C13H15N5O/c1-9-10(4-7-13(19)5-2-3-6-13)11(14)18-12(17-9)15-8-16-18/h8,19H,2-3,5-6,14H2,1H3. The maximum atomic E-state index is 10.2. The van der Waals surface area contributed by atoms with Crippen molar-refractivity contribution in [1.82, 2.24) is 19.6 Å². The fourth-order valence-corrected chi connectivity index (χ4v) is 2.40. The Morgan fingerprint density at radius 2 is 2.16 bits per heavy atom. The first-order chi connectivity index (χ1) is 9.09. The van der Waals surface area contributed by atoms with Crippen LogP contribution in [0.4, 0.5) is 5.82 Å². The summed E-state index contributed by atoms with van der Waals surface area (Å²) in [5, 5.41) is 14.2. The average Bonchev–Trinajstić information content (AvgIpc) is 2.98. The summed E-state index contributed by atoms with van der Waals surface area (Å²) in [5.74, 6) is 6.78. The van der Waals surface area contributed by atoms with Crippen LogP contribution in [0.3, 0.4) is 0 Å². The Morgan fingerprint density at radius 1 is 1.42 bits per heavy atom. The highest BCUT2D eigenvalue weighted by atomic mass is 16.3. The van der Waals surface area contributed by atoms with Crippen molar-refractivity contribution in [3.05, 3.63) is 17.6 Å². The van der Waals surface area contributed by atoms with Crippen LogP contribution in [0.25, 0.3) is 5.78 Å². The van der Waals surface area contributed by atoms with Gasteiger partial charge in [0.25, 0.3) is 5.78 Å².